The summed E-state index contributed by atoms with van der Waals surface area (Å²) in [5.74, 6) is -0.992. The van der Waals surface area contributed by atoms with Crippen LogP contribution in [-0.4, -0.2) is 22.6 Å². The Labute approximate surface area is 122 Å². The summed E-state index contributed by atoms with van der Waals surface area (Å²) in [4.78, 5) is -0.232. The SMILES string of the molecule is COc1c(N)cc(S(=O)(=O)N(C)c2ccccc2)cc1F. The first-order chi connectivity index (χ1) is 9.87. The molecule has 2 N–H and O–H groups in total. The van der Waals surface area contributed by atoms with Gasteiger partial charge in [-0.15, -0.1) is 0 Å². The zero-order valence-electron chi connectivity index (χ0n) is 11.6. The number of benzene rings is 2. The highest BCUT2D eigenvalue weighted by molar-refractivity contribution is 7.92. The van der Waals surface area contributed by atoms with E-state index in [4.69, 9.17) is 10.5 Å². The number of nitrogen functional groups attached to an aromatic ring is 1. The largest absolute Gasteiger partial charge is 0.492 e. The Morgan fingerprint density at radius 2 is 1.81 bits per heavy atom. The van der Waals surface area contributed by atoms with Crippen LogP contribution < -0.4 is 14.8 Å². The molecule has 0 aliphatic carbocycles. The molecule has 0 saturated heterocycles. The molecule has 112 valence electrons. The van der Waals surface area contributed by atoms with Crippen LogP contribution in [0, 0.1) is 5.82 Å². The van der Waals surface area contributed by atoms with Gasteiger partial charge in [0.25, 0.3) is 10.0 Å². The van der Waals surface area contributed by atoms with Gasteiger partial charge in [0.1, 0.15) is 0 Å². The van der Waals surface area contributed by atoms with Crippen LogP contribution in [0.5, 0.6) is 5.75 Å². The molecule has 2 rings (SSSR count). The Balaban J connectivity index is 2.50. The third kappa shape index (κ3) is 2.78. The Kier molecular flexibility index (Phi) is 4.04. The van der Waals surface area contributed by atoms with Gasteiger partial charge in [-0.1, -0.05) is 18.2 Å². The molecule has 0 spiro atoms. The first-order valence-electron chi connectivity index (χ1n) is 6.05. The third-order valence-corrected chi connectivity index (χ3v) is 4.79. The van der Waals surface area contributed by atoms with Gasteiger partial charge in [0.15, 0.2) is 11.6 Å². The summed E-state index contributed by atoms with van der Waals surface area (Å²) in [7, 11) is -1.25. The third-order valence-electron chi connectivity index (χ3n) is 3.03. The lowest BCUT2D eigenvalue weighted by Gasteiger charge is -2.20. The topological polar surface area (TPSA) is 72.6 Å². The molecule has 2 aromatic carbocycles. The predicted molar refractivity (Wildman–Crippen MR) is 79.4 cm³/mol. The van der Waals surface area contributed by atoms with E-state index in [9.17, 15) is 12.8 Å². The molecule has 0 aromatic heterocycles. The molecular weight excluding hydrogens is 295 g/mol. The molecule has 0 fully saturated rings. The molecule has 0 radical (unpaired) electrons. The maximum atomic E-state index is 13.8. The molecular formula is C14H15FN2O3S. The van der Waals surface area contributed by atoms with Crippen molar-refractivity contribution in [2.24, 2.45) is 0 Å². The lowest BCUT2D eigenvalue weighted by atomic mass is 10.3. The summed E-state index contributed by atoms with van der Waals surface area (Å²) in [5, 5.41) is 0. The smallest absolute Gasteiger partial charge is 0.264 e. The van der Waals surface area contributed by atoms with Gasteiger partial charge in [0.2, 0.25) is 0 Å². The molecule has 0 aliphatic heterocycles. The number of rotatable bonds is 4. The van der Waals surface area contributed by atoms with Gasteiger partial charge in [-0.3, -0.25) is 4.31 Å². The highest BCUT2D eigenvalue weighted by Gasteiger charge is 2.24. The van der Waals surface area contributed by atoms with Crippen LogP contribution in [0.25, 0.3) is 0 Å². The fourth-order valence-electron chi connectivity index (χ4n) is 1.89. The van der Waals surface area contributed by atoms with E-state index in [0.29, 0.717) is 5.69 Å². The standard InChI is InChI=1S/C14H15FN2O3S/c1-17(10-6-4-3-5-7-10)21(18,19)11-8-12(15)14(20-2)13(16)9-11/h3-9H,16H2,1-2H3. The van der Waals surface area contributed by atoms with E-state index in [-0.39, 0.29) is 16.3 Å². The number of anilines is 2. The summed E-state index contributed by atoms with van der Waals surface area (Å²) in [6, 6.07) is 10.5. The number of hydrogen-bond donors (Lipinski definition) is 1. The zero-order chi connectivity index (χ0) is 15.6. The second kappa shape index (κ2) is 5.61. The minimum absolute atomic E-state index is 0.0717. The zero-order valence-corrected chi connectivity index (χ0v) is 12.4. The van der Waals surface area contributed by atoms with E-state index < -0.39 is 15.8 Å². The highest BCUT2D eigenvalue weighted by Crippen LogP contribution is 2.30. The van der Waals surface area contributed by atoms with E-state index in [1.807, 2.05) is 0 Å². The fourth-order valence-corrected chi connectivity index (χ4v) is 3.13. The number of sulfonamides is 1. The molecule has 5 nitrogen and oxygen atoms in total. The number of halogens is 1. The van der Waals surface area contributed by atoms with Gasteiger partial charge in [-0.25, -0.2) is 12.8 Å². The van der Waals surface area contributed by atoms with Crippen LogP contribution in [0.1, 0.15) is 0 Å². The van der Waals surface area contributed by atoms with Crippen LogP contribution >= 0.6 is 0 Å². The van der Waals surface area contributed by atoms with Crippen LogP contribution in [0.2, 0.25) is 0 Å². The van der Waals surface area contributed by atoms with Gasteiger partial charge in [0, 0.05) is 7.05 Å². The van der Waals surface area contributed by atoms with E-state index in [1.54, 1.807) is 30.3 Å². The maximum absolute atomic E-state index is 13.8. The first kappa shape index (κ1) is 15.1. The molecule has 21 heavy (non-hydrogen) atoms. The Bertz CT molecular complexity index is 725. The summed E-state index contributed by atoms with van der Waals surface area (Å²) >= 11 is 0. The minimum atomic E-state index is -3.90. The van der Waals surface area contributed by atoms with Crippen molar-refractivity contribution in [2.75, 3.05) is 24.2 Å². The number of hydrogen-bond acceptors (Lipinski definition) is 4. The molecule has 0 saturated carbocycles. The van der Waals surface area contributed by atoms with Crippen molar-refractivity contribution in [3.05, 3.63) is 48.3 Å². The van der Waals surface area contributed by atoms with Crippen molar-refractivity contribution in [3.8, 4) is 5.75 Å². The van der Waals surface area contributed by atoms with Crippen LogP contribution in [-0.2, 0) is 10.0 Å². The highest BCUT2D eigenvalue weighted by atomic mass is 32.2. The van der Waals surface area contributed by atoms with Crippen LogP contribution in [0.15, 0.2) is 47.4 Å². The number of nitrogens with two attached hydrogens (primary N) is 1. The molecule has 0 bridgehead atoms. The molecule has 0 amide bonds. The quantitative estimate of drug-likeness (QED) is 0.879. The fraction of sp³-hybridized carbons (Fsp3) is 0.143. The van der Waals surface area contributed by atoms with Crippen molar-refractivity contribution >= 4 is 21.4 Å². The lowest BCUT2D eigenvalue weighted by molar-refractivity contribution is 0.388. The normalized spacial score (nSPS) is 11.2. The van der Waals surface area contributed by atoms with Gasteiger partial charge >= 0.3 is 0 Å². The van der Waals surface area contributed by atoms with E-state index in [1.165, 1.54) is 20.2 Å². The molecule has 0 aliphatic rings. The maximum Gasteiger partial charge on any atom is 0.264 e. The van der Waals surface area contributed by atoms with Gasteiger partial charge in [-0.2, -0.15) is 0 Å². The Morgan fingerprint density at radius 3 is 2.33 bits per heavy atom. The number of ether oxygens (including phenoxy) is 1. The summed E-state index contributed by atoms with van der Waals surface area (Å²) < 4.78 is 44.7. The van der Waals surface area contributed by atoms with Crippen molar-refractivity contribution in [2.45, 2.75) is 4.90 Å². The predicted octanol–water partition coefficient (Wildman–Crippen LogP) is 2.24. The molecule has 0 atom stereocenters. The Morgan fingerprint density at radius 1 is 1.19 bits per heavy atom. The van der Waals surface area contributed by atoms with Gasteiger partial charge < -0.3 is 10.5 Å². The van der Waals surface area contributed by atoms with Crippen molar-refractivity contribution in [3.63, 3.8) is 0 Å². The van der Waals surface area contributed by atoms with Crippen molar-refractivity contribution in [1.29, 1.82) is 0 Å². The minimum Gasteiger partial charge on any atom is -0.492 e. The lowest BCUT2D eigenvalue weighted by Crippen LogP contribution is -2.26. The van der Waals surface area contributed by atoms with Gasteiger partial charge in [-0.05, 0) is 24.3 Å². The van der Waals surface area contributed by atoms with Crippen molar-refractivity contribution < 1.29 is 17.5 Å². The second-order valence-electron chi connectivity index (χ2n) is 4.34. The van der Waals surface area contributed by atoms with Crippen LogP contribution in [0.4, 0.5) is 15.8 Å². The monoisotopic (exact) mass is 310 g/mol. The van der Waals surface area contributed by atoms with E-state index in [0.717, 1.165) is 10.4 Å². The summed E-state index contributed by atoms with van der Waals surface area (Å²) in [6.07, 6.45) is 0. The Hall–Kier alpha value is -2.28. The average Bonchev–Trinajstić information content (AvgIpc) is 2.47. The average molecular weight is 310 g/mol. The molecule has 0 unspecified atom stereocenters. The van der Waals surface area contributed by atoms with Crippen molar-refractivity contribution in [1.82, 2.24) is 0 Å². The number of methoxy groups -OCH3 is 1. The molecule has 2 aromatic rings. The number of nitrogens with zero attached hydrogens (tertiary/aromatic N) is 1. The second-order valence-corrected chi connectivity index (χ2v) is 6.30. The van der Waals surface area contributed by atoms with Crippen LogP contribution in [0.3, 0.4) is 0 Å². The summed E-state index contributed by atoms with van der Waals surface area (Å²) in [6.45, 7) is 0. The molecule has 0 heterocycles. The molecule has 7 heteroatoms. The first-order valence-corrected chi connectivity index (χ1v) is 7.49. The summed E-state index contributed by atoms with van der Waals surface area (Å²) in [5.41, 5.74) is 6.01. The van der Waals surface area contributed by atoms with E-state index >= 15 is 0 Å². The number of para-hydroxylation sites is 1. The van der Waals surface area contributed by atoms with E-state index in [2.05, 4.69) is 0 Å². The van der Waals surface area contributed by atoms with Gasteiger partial charge in [0.05, 0.1) is 23.4 Å².